The van der Waals surface area contributed by atoms with E-state index in [1.54, 1.807) is 0 Å². The van der Waals surface area contributed by atoms with Crippen LogP contribution in [0.25, 0.3) is 0 Å². The van der Waals surface area contributed by atoms with Gasteiger partial charge in [0.25, 0.3) is 0 Å². The van der Waals surface area contributed by atoms with Crippen LogP contribution in [0.5, 0.6) is 0 Å². The van der Waals surface area contributed by atoms with Crippen molar-refractivity contribution in [3.05, 3.63) is 18.2 Å². The summed E-state index contributed by atoms with van der Waals surface area (Å²) < 4.78 is 46.4. The Morgan fingerprint density at radius 3 is 2.50 bits per heavy atom. The van der Waals surface area contributed by atoms with Crippen molar-refractivity contribution in [3.8, 4) is 0 Å². The highest BCUT2D eigenvalue weighted by molar-refractivity contribution is 5.77. The SMILES string of the molecule is COCCN(CC(C)C)C(=O)CC(O)(c1nccn1C)C(F)(F)F. The van der Waals surface area contributed by atoms with Crippen molar-refractivity contribution in [2.75, 3.05) is 26.8 Å². The maximum Gasteiger partial charge on any atom is 0.425 e. The molecule has 0 bridgehead atoms. The molecule has 6 nitrogen and oxygen atoms in total. The van der Waals surface area contributed by atoms with Crippen molar-refractivity contribution >= 4 is 5.91 Å². The largest absolute Gasteiger partial charge is 0.425 e. The molecule has 0 saturated heterocycles. The third-order valence-electron chi connectivity index (χ3n) is 3.57. The summed E-state index contributed by atoms with van der Waals surface area (Å²) in [6, 6.07) is 0. The summed E-state index contributed by atoms with van der Waals surface area (Å²) in [5.41, 5.74) is -3.34. The molecule has 1 aromatic heterocycles. The van der Waals surface area contributed by atoms with E-state index in [0.717, 1.165) is 10.8 Å². The molecule has 0 radical (unpaired) electrons. The molecule has 1 amide bonds. The van der Waals surface area contributed by atoms with Crippen LogP contribution < -0.4 is 0 Å². The number of nitrogens with zero attached hydrogens (tertiary/aromatic N) is 3. The van der Waals surface area contributed by atoms with E-state index in [9.17, 15) is 23.1 Å². The first kappa shape index (κ1) is 20.4. The average molecular weight is 351 g/mol. The Hall–Kier alpha value is -1.61. The molecule has 1 heterocycles. The maximum absolute atomic E-state index is 13.5. The third-order valence-corrected chi connectivity index (χ3v) is 3.57. The highest BCUT2D eigenvalue weighted by atomic mass is 19.4. The van der Waals surface area contributed by atoms with Gasteiger partial charge in [0.2, 0.25) is 11.5 Å². The second-order valence-corrected chi connectivity index (χ2v) is 6.12. The second-order valence-electron chi connectivity index (χ2n) is 6.12. The van der Waals surface area contributed by atoms with Crippen LogP contribution in [0.4, 0.5) is 13.2 Å². The second kappa shape index (κ2) is 7.98. The molecule has 0 aliphatic rings. The Balaban J connectivity index is 3.09. The van der Waals surface area contributed by atoms with E-state index in [1.165, 1.54) is 25.3 Å². The number of amides is 1. The van der Waals surface area contributed by atoms with Crippen LogP contribution in [0.1, 0.15) is 26.1 Å². The molecule has 0 aromatic carbocycles. The monoisotopic (exact) mass is 351 g/mol. The molecule has 24 heavy (non-hydrogen) atoms. The van der Waals surface area contributed by atoms with Gasteiger partial charge in [-0.3, -0.25) is 4.79 Å². The van der Waals surface area contributed by atoms with Crippen LogP contribution in [0, 0.1) is 5.92 Å². The van der Waals surface area contributed by atoms with Crippen molar-refractivity contribution in [2.24, 2.45) is 13.0 Å². The molecule has 0 aliphatic carbocycles. The van der Waals surface area contributed by atoms with Crippen molar-refractivity contribution in [1.29, 1.82) is 0 Å². The normalized spacial score (nSPS) is 14.7. The number of aromatic nitrogens is 2. The highest BCUT2D eigenvalue weighted by Crippen LogP contribution is 2.41. The van der Waals surface area contributed by atoms with Gasteiger partial charge in [0.1, 0.15) is 0 Å². The molecule has 1 aromatic rings. The van der Waals surface area contributed by atoms with Crippen LogP contribution in [-0.4, -0.2) is 58.4 Å². The summed E-state index contributed by atoms with van der Waals surface area (Å²) in [4.78, 5) is 17.3. The third kappa shape index (κ3) is 4.70. The molecular formula is C15H24F3N3O3. The first-order valence-corrected chi connectivity index (χ1v) is 7.56. The number of ether oxygens (including phenoxy) is 1. The molecule has 1 unspecified atom stereocenters. The lowest BCUT2D eigenvalue weighted by molar-refractivity contribution is -0.272. The molecule has 0 spiro atoms. The van der Waals surface area contributed by atoms with Crippen molar-refractivity contribution in [1.82, 2.24) is 14.5 Å². The maximum atomic E-state index is 13.5. The smallest absolute Gasteiger partial charge is 0.383 e. The standard InChI is InChI=1S/C15H24F3N3O3/c1-11(2)10-21(7-8-24-4)12(22)9-14(23,15(16,17)18)13-19-5-6-20(13)3/h5-6,11,23H,7-10H2,1-4H3. The van der Waals surface area contributed by atoms with Gasteiger partial charge in [-0.25, -0.2) is 4.98 Å². The molecule has 0 saturated carbocycles. The Bertz CT molecular complexity index is 546. The number of aryl methyl sites for hydroxylation is 1. The van der Waals surface area contributed by atoms with E-state index < -0.39 is 29.9 Å². The number of imidazole rings is 1. The summed E-state index contributed by atoms with van der Waals surface area (Å²) in [5.74, 6) is -1.35. The zero-order valence-corrected chi connectivity index (χ0v) is 14.3. The van der Waals surface area contributed by atoms with Gasteiger partial charge in [-0.15, -0.1) is 0 Å². The highest BCUT2D eigenvalue weighted by Gasteiger charge is 2.59. The Morgan fingerprint density at radius 2 is 2.08 bits per heavy atom. The van der Waals surface area contributed by atoms with Crippen LogP contribution in [-0.2, 0) is 22.2 Å². The quantitative estimate of drug-likeness (QED) is 0.774. The van der Waals surface area contributed by atoms with Gasteiger partial charge in [0.05, 0.1) is 13.0 Å². The predicted octanol–water partition coefficient (Wildman–Crippen LogP) is 1.69. The molecule has 138 valence electrons. The first-order chi connectivity index (χ1) is 11.0. The van der Waals surface area contributed by atoms with Gasteiger partial charge in [0, 0.05) is 39.6 Å². The average Bonchev–Trinajstić information content (AvgIpc) is 2.88. The van der Waals surface area contributed by atoms with Gasteiger partial charge < -0.3 is 19.3 Å². The molecule has 0 aliphatic heterocycles. The lowest BCUT2D eigenvalue weighted by atomic mass is 9.96. The fourth-order valence-electron chi connectivity index (χ4n) is 2.36. The van der Waals surface area contributed by atoms with E-state index in [1.807, 2.05) is 13.8 Å². The lowest BCUT2D eigenvalue weighted by Gasteiger charge is -2.32. The number of carbonyl (C=O) groups is 1. The van der Waals surface area contributed by atoms with Crippen LogP contribution in [0.3, 0.4) is 0 Å². The Labute approximate surface area is 139 Å². The molecule has 1 N–H and O–H groups in total. The minimum atomic E-state index is -5.04. The first-order valence-electron chi connectivity index (χ1n) is 7.56. The summed E-state index contributed by atoms with van der Waals surface area (Å²) in [5, 5.41) is 10.3. The summed E-state index contributed by atoms with van der Waals surface area (Å²) in [7, 11) is 2.78. The Morgan fingerprint density at radius 1 is 1.46 bits per heavy atom. The number of carbonyl (C=O) groups excluding carboxylic acids is 1. The van der Waals surface area contributed by atoms with Gasteiger partial charge in [-0.1, -0.05) is 13.8 Å². The number of methoxy groups -OCH3 is 1. The fourth-order valence-corrected chi connectivity index (χ4v) is 2.36. The van der Waals surface area contributed by atoms with E-state index in [-0.39, 0.29) is 25.6 Å². The number of rotatable bonds is 8. The number of hydrogen-bond acceptors (Lipinski definition) is 4. The molecule has 1 atom stereocenters. The van der Waals surface area contributed by atoms with E-state index in [2.05, 4.69) is 4.98 Å². The van der Waals surface area contributed by atoms with Gasteiger partial charge in [0.15, 0.2) is 5.82 Å². The summed E-state index contributed by atoms with van der Waals surface area (Å²) in [6.07, 6.45) is -3.73. The van der Waals surface area contributed by atoms with E-state index in [0.29, 0.717) is 0 Å². The zero-order chi connectivity index (χ0) is 18.5. The molecule has 0 fully saturated rings. The van der Waals surface area contributed by atoms with Gasteiger partial charge >= 0.3 is 6.18 Å². The summed E-state index contributed by atoms with van der Waals surface area (Å²) >= 11 is 0. The fraction of sp³-hybridized carbons (Fsp3) is 0.733. The van der Waals surface area contributed by atoms with E-state index in [4.69, 9.17) is 4.74 Å². The molecule has 1 rings (SSSR count). The molecule has 9 heteroatoms. The predicted molar refractivity (Wildman–Crippen MR) is 81.1 cm³/mol. The summed E-state index contributed by atoms with van der Waals surface area (Å²) in [6.45, 7) is 4.33. The van der Waals surface area contributed by atoms with Crippen LogP contribution >= 0.6 is 0 Å². The minimum absolute atomic E-state index is 0.0675. The van der Waals surface area contributed by atoms with Crippen molar-refractivity contribution in [2.45, 2.75) is 32.0 Å². The van der Waals surface area contributed by atoms with Gasteiger partial charge in [-0.05, 0) is 5.92 Å². The van der Waals surface area contributed by atoms with Crippen LogP contribution in [0.15, 0.2) is 12.4 Å². The zero-order valence-electron chi connectivity index (χ0n) is 14.3. The van der Waals surface area contributed by atoms with Gasteiger partial charge in [-0.2, -0.15) is 13.2 Å². The number of aliphatic hydroxyl groups is 1. The number of hydrogen-bond donors (Lipinski definition) is 1. The minimum Gasteiger partial charge on any atom is -0.383 e. The lowest BCUT2D eigenvalue weighted by Crippen LogP contribution is -2.49. The van der Waals surface area contributed by atoms with Crippen molar-refractivity contribution in [3.63, 3.8) is 0 Å². The van der Waals surface area contributed by atoms with E-state index >= 15 is 0 Å². The number of alkyl halides is 3. The Kier molecular flexibility index (Phi) is 6.79. The molecular weight excluding hydrogens is 327 g/mol. The van der Waals surface area contributed by atoms with Crippen molar-refractivity contribution < 1.29 is 27.8 Å². The number of halogens is 3. The van der Waals surface area contributed by atoms with Crippen LogP contribution in [0.2, 0.25) is 0 Å². The topological polar surface area (TPSA) is 67.6 Å².